The third-order valence-corrected chi connectivity index (χ3v) is 3.44. The molecule has 1 aliphatic rings. The molecule has 1 aromatic carbocycles. The first-order chi connectivity index (χ1) is 9.15. The molecule has 6 nitrogen and oxygen atoms in total. The minimum atomic E-state index is -0.427. The third-order valence-electron chi connectivity index (χ3n) is 3.44. The van der Waals surface area contributed by atoms with E-state index in [0.717, 1.165) is 37.1 Å². The molecule has 0 fully saturated rings. The number of aryl methyl sites for hydroxylation is 1. The summed E-state index contributed by atoms with van der Waals surface area (Å²) in [5.74, 6) is 0. The molecule has 0 radical (unpaired) electrons. The number of benzene rings is 1. The molecule has 0 saturated carbocycles. The number of hydrogen-bond donors (Lipinski definition) is 1. The molecule has 0 spiro atoms. The van der Waals surface area contributed by atoms with Crippen molar-refractivity contribution in [3.05, 3.63) is 46.0 Å². The van der Waals surface area contributed by atoms with Crippen LogP contribution in [0.15, 0.2) is 24.5 Å². The van der Waals surface area contributed by atoms with Crippen LogP contribution < -0.4 is 5.73 Å². The normalized spacial score (nSPS) is 14.1. The molecule has 19 heavy (non-hydrogen) atoms. The molecule has 1 heterocycles. The van der Waals surface area contributed by atoms with Gasteiger partial charge in [-0.25, -0.2) is 4.98 Å². The van der Waals surface area contributed by atoms with Gasteiger partial charge < -0.3 is 10.3 Å². The van der Waals surface area contributed by atoms with Crippen LogP contribution in [-0.2, 0) is 12.8 Å². The van der Waals surface area contributed by atoms with Gasteiger partial charge in [-0.15, -0.1) is 0 Å². The van der Waals surface area contributed by atoms with Crippen LogP contribution in [0.2, 0.25) is 0 Å². The Bertz CT molecular complexity index is 648. The highest BCUT2D eigenvalue weighted by molar-refractivity contribution is 5.57. The first kappa shape index (κ1) is 11.7. The molecule has 3 rings (SSSR count). The first-order valence-electron chi connectivity index (χ1n) is 6.25. The summed E-state index contributed by atoms with van der Waals surface area (Å²) in [5.41, 5.74) is 9.09. The third kappa shape index (κ3) is 2.05. The summed E-state index contributed by atoms with van der Waals surface area (Å²) in [6, 6.07) is 4.64. The lowest BCUT2D eigenvalue weighted by molar-refractivity contribution is -0.384. The maximum absolute atomic E-state index is 10.9. The Balaban J connectivity index is 2.11. The Kier molecular flexibility index (Phi) is 2.70. The summed E-state index contributed by atoms with van der Waals surface area (Å²) in [4.78, 5) is 14.9. The van der Waals surface area contributed by atoms with E-state index in [9.17, 15) is 10.1 Å². The van der Waals surface area contributed by atoms with E-state index in [-0.39, 0.29) is 5.69 Å². The fourth-order valence-corrected chi connectivity index (χ4v) is 2.55. The smallest absolute Gasteiger partial charge is 0.273 e. The average Bonchev–Trinajstić information content (AvgIpc) is 2.81. The predicted octanol–water partition coefficient (Wildman–Crippen LogP) is 2.24. The van der Waals surface area contributed by atoms with E-state index >= 15 is 0 Å². The number of aromatic nitrogens is 2. The number of nitrogens with zero attached hydrogens (tertiary/aromatic N) is 3. The van der Waals surface area contributed by atoms with E-state index in [1.807, 2.05) is 4.57 Å². The van der Waals surface area contributed by atoms with Gasteiger partial charge in [-0.05, 0) is 31.7 Å². The molecule has 0 unspecified atom stereocenters. The first-order valence-corrected chi connectivity index (χ1v) is 6.25. The number of nitrogens with two attached hydrogens (primary N) is 1. The zero-order chi connectivity index (χ0) is 13.4. The number of fused-ring (bicyclic) bond motifs is 1. The summed E-state index contributed by atoms with van der Waals surface area (Å²) in [6.45, 7) is 0. The van der Waals surface area contributed by atoms with Crippen LogP contribution in [0.5, 0.6) is 0 Å². The number of nitrogen functional groups attached to an aromatic ring is 1. The lowest BCUT2D eigenvalue weighted by Crippen LogP contribution is -2.07. The van der Waals surface area contributed by atoms with Gasteiger partial charge in [-0.3, -0.25) is 10.1 Å². The Hall–Kier alpha value is -2.37. The van der Waals surface area contributed by atoms with Gasteiger partial charge in [0.1, 0.15) is 0 Å². The van der Waals surface area contributed by atoms with Crippen molar-refractivity contribution in [2.75, 3.05) is 5.73 Å². The van der Waals surface area contributed by atoms with E-state index in [2.05, 4.69) is 4.98 Å². The molecule has 1 aliphatic carbocycles. The van der Waals surface area contributed by atoms with Crippen molar-refractivity contribution < 1.29 is 4.92 Å². The fourth-order valence-electron chi connectivity index (χ4n) is 2.55. The van der Waals surface area contributed by atoms with Crippen molar-refractivity contribution >= 4 is 11.4 Å². The van der Waals surface area contributed by atoms with Gasteiger partial charge >= 0.3 is 0 Å². The summed E-state index contributed by atoms with van der Waals surface area (Å²) < 4.78 is 1.91. The zero-order valence-electron chi connectivity index (χ0n) is 10.4. The second-order valence-electron chi connectivity index (χ2n) is 4.75. The van der Waals surface area contributed by atoms with Crippen LogP contribution in [-0.4, -0.2) is 14.5 Å². The van der Waals surface area contributed by atoms with E-state index in [1.165, 1.54) is 12.1 Å². The van der Waals surface area contributed by atoms with Gasteiger partial charge in [-0.2, -0.15) is 0 Å². The van der Waals surface area contributed by atoms with E-state index in [1.54, 1.807) is 12.4 Å². The topological polar surface area (TPSA) is 87.0 Å². The van der Waals surface area contributed by atoms with Gasteiger partial charge in [0.15, 0.2) is 0 Å². The van der Waals surface area contributed by atoms with Crippen molar-refractivity contribution in [2.45, 2.75) is 25.7 Å². The number of hydrogen-bond acceptors (Lipinski definition) is 4. The number of rotatable bonds is 2. The SMILES string of the molecule is Nc1cc(-n2cnc3c2CCCC3)cc([N+](=O)[O-])c1. The maximum Gasteiger partial charge on any atom is 0.273 e. The second kappa shape index (κ2) is 4.38. The van der Waals surface area contributed by atoms with Crippen LogP contribution in [0.3, 0.4) is 0 Å². The van der Waals surface area contributed by atoms with Crippen LogP contribution in [0.4, 0.5) is 11.4 Å². The molecule has 0 amide bonds. The Morgan fingerprint density at radius 3 is 2.84 bits per heavy atom. The van der Waals surface area contributed by atoms with Gasteiger partial charge in [-0.1, -0.05) is 0 Å². The van der Waals surface area contributed by atoms with Crippen molar-refractivity contribution in [3.63, 3.8) is 0 Å². The standard InChI is InChI=1S/C13H14N4O2/c14-9-5-10(7-11(6-9)17(18)19)16-8-15-12-3-1-2-4-13(12)16/h5-8H,1-4,14H2. The molecule has 0 bridgehead atoms. The second-order valence-corrected chi connectivity index (χ2v) is 4.75. The van der Waals surface area contributed by atoms with Gasteiger partial charge in [0.05, 0.1) is 22.6 Å². The van der Waals surface area contributed by atoms with Crippen LogP contribution in [0.25, 0.3) is 5.69 Å². The number of anilines is 1. The van der Waals surface area contributed by atoms with E-state index in [0.29, 0.717) is 11.4 Å². The molecular weight excluding hydrogens is 244 g/mol. The quantitative estimate of drug-likeness (QED) is 0.508. The summed E-state index contributed by atoms with van der Waals surface area (Å²) in [7, 11) is 0. The van der Waals surface area contributed by atoms with E-state index in [4.69, 9.17) is 5.73 Å². The molecular formula is C13H14N4O2. The zero-order valence-corrected chi connectivity index (χ0v) is 10.4. The van der Waals surface area contributed by atoms with Crippen molar-refractivity contribution in [2.24, 2.45) is 0 Å². The molecule has 2 aromatic rings. The minimum absolute atomic E-state index is 0.00765. The molecule has 2 N–H and O–H groups in total. The molecule has 0 aliphatic heterocycles. The maximum atomic E-state index is 10.9. The highest BCUT2D eigenvalue weighted by Gasteiger charge is 2.17. The number of imidazole rings is 1. The predicted molar refractivity (Wildman–Crippen MR) is 71.3 cm³/mol. The Labute approximate surface area is 110 Å². The lowest BCUT2D eigenvalue weighted by Gasteiger charge is -2.14. The average molecular weight is 258 g/mol. The van der Waals surface area contributed by atoms with Gasteiger partial charge in [0, 0.05) is 23.5 Å². The fraction of sp³-hybridized carbons (Fsp3) is 0.308. The van der Waals surface area contributed by atoms with Gasteiger partial charge in [0.2, 0.25) is 0 Å². The Morgan fingerprint density at radius 1 is 1.26 bits per heavy atom. The highest BCUT2D eigenvalue weighted by atomic mass is 16.6. The minimum Gasteiger partial charge on any atom is -0.398 e. The number of non-ortho nitro benzene ring substituents is 1. The van der Waals surface area contributed by atoms with Crippen molar-refractivity contribution in [3.8, 4) is 5.69 Å². The molecule has 98 valence electrons. The number of nitro benzene ring substituents is 1. The highest BCUT2D eigenvalue weighted by Crippen LogP contribution is 2.26. The molecule has 6 heteroatoms. The van der Waals surface area contributed by atoms with Gasteiger partial charge in [0.25, 0.3) is 5.69 Å². The van der Waals surface area contributed by atoms with Crippen molar-refractivity contribution in [1.82, 2.24) is 9.55 Å². The number of nitro groups is 1. The molecule has 0 atom stereocenters. The van der Waals surface area contributed by atoms with E-state index < -0.39 is 4.92 Å². The van der Waals surface area contributed by atoms with Crippen LogP contribution >= 0.6 is 0 Å². The Morgan fingerprint density at radius 2 is 2.05 bits per heavy atom. The summed E-state index contributed by atoms with van der Waals surface area (Å²) >= 11 is 0. The lowest BCUT2D eigenvalue weighted by atomic mass is 10.0. The van der Waals surface area contributed by atoms with Crippen molar-refractivity contribution in [1.29, 1.82) is 0 Å². The monoisotopic (exact) mass is 258 g/mol. The molecule has 1 aromatic heterocycles. The van der Waals surface area contributed by atoms with Crippen LogP contribution in [0.1, 0.15) is 24.2 Å². The molecule has 0 saturated heterocycles. The largest absolute Gasteiger partial charge is 0.398 e. The summed E-state index contributed by atoms with van der Waals surface area (Å²) in [6.07, 6.45) is 5.95. The summed E-state index contributed by atoms with van der Waals surface area (Å²) in [5, 5.41) is 10.9. The van der Waals surface area contributed by atoms with Crippen LogP contribution in [0, 0.1) is 10.1 Å².